The number of H-pyrrole nitrogens is 1. The molecule has 0 aliphatic carbocycles. The maximum Gasteiger partial charge on any atom is 0.223 e. The fourth-order valence-electron chi connectivity index (χ4n) is 2.90. The van der Waals surface area contributed by atoms with Gasteiger partial charge in [0.15, 0.2) is 11.5 Å². The summed E-state index contributed by atoms with van der Waals surface area (Å²) in [7, 11) is 0. The van der Waals surface area contributed by atoms with Crippen LogP contribution in [0.1, 0.15) is 29.4 Å². The minimum Gasteiger partial charge on any atom is -0.486 e. The second kappa shape index (κ2) is 6.95. The number of fused-ring (bicyclic) bond motifs is 1. The lowest BCUT2D eigenvalue weighted by Gasteiger charge is -2.21. The maximum absolute atomic E-state index is 12.4. The number of carbonyl (C=O) groups excluding carboxylic acids is 1. The number of hydrogen-bond acceptors (Lipinski definition) is 4. The van der Waals surface area contributed by atoms with Gasteiger partial charge in [0, 0.05) is 23.7 Å². The average Bonchev–Trinajstić information content (AvgIpc) is 2.91. The zero-order valence-electron chi connectivity index (χ0n) is 14.3. The number of para-hydroxylation sites is 1. The Kier molecular flexibility index (Phi) is 4.74. The number of benzene rings is 1. The smallest absolute Gasteiger partial charge is 0.223 e. The number of amides is 1. The minimum atomic E-state index is -0.128. The summed E-state index contributed by atoms with van der Waals surface area (Å²) >= 11 is 0. The molecule has 3 rings (SSSR count). The monoisotopic (exact) mass is 329 g/mol. The van der Waals surface area contributed by atoms with E-state index in [4.69, 9.17) is 9.47 Å². The van der Waals surface area contributed by atoms with Gasteiger partial charge in [-0.3, -0.25) is 9.89 Å². The highest BCUT2D eigenvalue weighted by molar-refractivity contribution is 5.78. The summed E-state index contributed by atoms with van der Waals surface area (Å²) in [5, 5.41) is 10.1. The van der Waals surface area contributed by atoms with E-state index in [2.05, 4.69) is 15.5 Å². The summed E-state index contributed by atoms with van der Waals surface area (Å²) in [4.78, 5) is 12.4. The van der Waals surface area contributed by atoms with Crippen LogP contribution >= 0.6 is 0 Å². The van der Waals surface area contributed by atoms with Gasteiger partial charge in [-0.1, -0.05) is 19.1 Å². The first-order valence-electron chi connectivity index (χ1n) is 8.22. The van der Waals surface area contributed by atoms with Gasteiger partial charge in [-0.15, -0.1) is 0 Å². The van der Waals surface area contributed by atoms with Crippen molar-refractivity contribution in [3.05, 3.63) is 40.7 Å². The van der Waals surface area contributed by atoms with Gasteiger partial charge in [0.2, 0.25) is 5.91 Å². The van der Waals surface area contributed by atoms with Crippen LogP contribution in [-0.2, 0) is 17.8 Å². The van der Waals surface area contributed by atoms with Gasteiger partial charge in [0.1, 0.15) is 13.2 Å². The third kappa shape index (κ3) is 3.37. The molecule has 6 heteroatoms. The predicted molar refractivity (Wildman–Crippen MR) is 90.2 cm³/mol. The summed E-state index contributed by atoms with van der Waals surface area (Å²) in [6.07, 6.45) is 0.673. The zero-order valence-corrected chi connectivity index (χ0v) is 14.3. The van der Waals surface area contributed by atoms with E-state index >= 15 is 0 Å². The number of aromatic amines is 1. The molecule has 1 aromatic heterocycles. The van der Waals surface area contributed by atoms with E-state index in [1.165, 1.54) is 0 Å². The Morgan fingerprint density at radius 1 is 1.33 bits per heavy atom. The zero-order chi connectivity index (χ0) is 17.1. The molecule has 0 saturated heterocycles. The van der Waals surface area contributed by atoms with Crippen molar-refractivity contribution in [1.82, 2.24) is 15.5 Å². The summed E-state index contributed by atoms with van der Waals surface area (Å²) in [5.74, 6) is 1.37. The summed E-state index contributed by atoms with van der Waals surface area (Å²) in [6, 6.07) is 5.74. The fourth-order valence-corrected chi connectivity index (χ4v) is 2.90. The van der Waals surface area contributed by atoms with Crippen LogP contribution in [0.4, 0.5) is 0 Å². The van der Waals surface area contributed by atoms with E-state index in [1.807, 2.05) is 39.0 Å². The Morgan fingerprint density at radius 2 is 2.12 bits per heavy atom. The first kappa shape index (κ1) is 16.4. The van der Waals surface area contributed by atoms with Crippen molar-refractivity contribution in [1.29, 1.82) is 0 Å². The second-order valence-corrected chi connectivity index (χ2v) is 6.18. The maximum atomic E-state index is 12.4. The molecule has 0 saturated carbocycles. The molecule has 0 bridgehead atoms. The van der Waals surface area contributed by atoms with E-state index in [9.17, 15) is 4.79 Å². The highest BCUT2D eigenvalue weighted by Gasteiger charge is 2.19. The second-order valence-electron chi connectivity index (χ2n) is 6.18. The lowest BCUT2D eigenvalue weighted by molar-refractivity contribution is -0.124. The van der Waals surface area contributed by atoms with Gasteiger partial charge in [-0.25, -0.2) is 0 Å². The molecular formula is C18H23N3O3. The largest absolute Gasteiger partial charge is 0.486 e. The van der Waals surface area contributed by atoms with Crippen LogP contribution in [0.3, 0.4) is 0 Å². The summed E-state index contributed by atoms with van der Waals surface area (Å²) < 4.78 is 11.2. The number of carbonyl (C=O) groups is 1. The molecule has 1 aromatic carbocycles. The van der Waals surface area contributed by atoms with Gasteiger partial charge in [0.05, 0.1) is 5.69 Å². The SMILES string of the molecule is Cc1n[nH]c(C)c1CC(C)C(=O)NCc1cccc2c1OCCO2. The van der Waals surface area contributed by atoms with Crippen LogP contribution in [0.15, 0.2) is 18.2 Å². The molecule has 1 unspecified atom stereocenters. The Labute approximate surface area is 141 Å². The molecule has 0 fully saturated rings. The molecule has 6 nitrogen and oxygen atoms in total. The fraction of sp³-hybridized carbons (Fsp3) is 0.444. The highest BCUT2D eigenvalue weighted by atomic mass is 16.6. The lowest BCUT2D eigenvalue weighted by Crippen LogP contribution is -2.30. The van der Waals surface area contributed by atoms with Crippen molar-refractivity contribution >= 4 is 5.91 Å². The number of nitrogens with one attached hydrogen (secondary N) is 2. The van der Waals surface area contributed by atoms with Crippen LogP contribution in [0.5, 0.6) is 11.5 Å². The number of hydrogen-bond donors (Lipinski definition) is 2. The van der Waals surface area contributed by atoms with Gasteiger partial charge >= 0.3 is 0 Å². The molecule has 2 aromatic rings. The summed E-state index contributed by atoms with van der Waals surface area (Å²) in [6.45, 7) is 7.39. The molecule has 0 spiro atoms. The standard InChI is InChI=1S/C18H23N3O3/c1-11(9-15-12(2)20-21-13(15)3)18(22)19-10-14-5-4-6-16-17(14)24-8-7-23-16/h4-6,11H,7-10H2,1-3H3,(H,19,22)(H,20,21). The van der Waals surface area contributed by atoms with Crippen LogP contribution in [0.25, 0.3) is 0 Å². The molecule has 128 valence electrons. The predicted octanol–water partition coefficient (Wildman–Crippen LogP) is 2.29. The molecule has 1 atom stereocenters. The van der Waals surface area contributed by atoms with E-state index < -0.39 is 0 Å². The van der Waals surface area contributed by atoms with E-state index in [0.717, 1.165) is 34.0 Å². The van der Waals surface area contributed by atoms with Crippen molar-refractivity contribution in [2.75, 3.05) is 13.2 Å². The molecule has 2 heterocycles. The Bertz CT molecular complexity index is 720. The van der Waals surface area contributed by atoms with E-state index in [1.54, 1.807) is 0 Å². The lowest BCUT2D eigenvalue weighted by atomic mass is 9.99. The summed E-state index contributed by atoms with van der Waals surface area (Å²) in [5.41, 5.74) is 4.03. The number of rotatable bonds is 5. The van der Waals surface area contributed by atoms with Gasteiger partial charge < -0.3 is 14.8 Å². The molecular weight excluding hydrogens is 306 g/mol. The molecule has 24 heavy (non-hydrogen) atoms. The third-order valence-electron chi connectivity index (χ3n) is 4.34. The normalized spacial score (nSPS) is 14.3. The van der Waals surface area contributed by atoms with Gasteiger partial charge in [-0.05, 0) is 31.9 Å². The van der Waals surface area contributed by atoms with Crippen molar-refractivity contribution in [2.45, 2.75) is 33.7 Å². The first-order valence-corrected chi connectivity index (χ1v) is 8.22. The highest BCUT2D eigenvalue weighted by Crippen LogP contribution is 2.33. The number of aromatic nitrogens is 2. The Hall–Kier alpha value is -2.50. The van der Waals surface area contributed by atoms with Crippen molar-refractivity contribution < 1.29 is 14.3 Å². The molecule has 1 amide bonds. The van der Waals surface area contributed by atoms with E-state index in [-0.39, 0.29) is 11.8 Å². The first-order chi connectivity index (χ1) is 11.6. The number of ether oxygens (including phenoxy) is 2. The van der Waals surface area contributed by atoms with Crippen LogP contribution < -0.4 is 14.8 Å². The number of nitrogens with zero attached hydrogens (tertiary/aromatic N) is 1. The van der Waals surface area contributed by atoms with E-state index in [0.29, 0.717) is 26.2 Å². The van der Waals surface area contributed by atoms with Crippen LogP contribution in [0.2, 0.25) is 0 Å². The topological polar surface area (TPSA) is 76.2 Å². The third-order valence-corrected chi connectivity index (χ3v) is 4.34. The van der Waals surface area contributed by atoms with Gasteiger partial charge in [-0.2, -0.15) is 5.10 Å². The van der Waals surface area contributed by atoms with Crippen molar-refractivity contribution in [2.24, 2.45) is 5.92 Å². The average molecular weight is 329 g/mol. The molecule has 0 radical (unpaired) electrons. The Balaban J connectivity index is 1.61. The van der Waals surface area contributed by atoms with Crippen molar-refractivity contribution in [3.8, 4) is 11.5 Å². The Morgan fingerprint density at radius 3 is 2.88 bits per heavy atom. The van der Waals surface area contributed by atoms with Crippen LogP contribution in [-0.4, -0.2) is 29.3 Å². The molecule has 1 aliphatic rings. The number of aryl methyl sites for hydroxylation is 2. The quantitative estimate of drug-likeness (QED) is 0.882. The minimum absolute atomic E-state index is 0.0179. The van der Waals surface area contributed by atoms with Gasteiger partial charge in [0.25, 0.3) is 0 Å². The van der Waals surface area contributed by atoms with Crippen molar-refractivity contribution in [3.63, 3.8) is 0 Å². The molecule has 1 aliphatic heterocycles. The molecule has 2 N–H and O–H groups in total. The van der Waals surface area contributed by atoms with Crippen LogP contribution in [0, 0.1) is 19.8 Å².